The number of rotatable bonds is 8. The first-order chi connectivity index (χ1) is 9.91. The van der Waals surface area contributed by atoms with Gasteiger partial charge in [-0.3, -0.25) is 4.79 Å². The molecule has 1 aromatic rings. The molecule has 3 N–H and O–H groups in total. The molecule has 21 heavy (non-hydrogen) atoms. The fraction of sp³-hybridized carbons (Fsp3) is 0.533. The number of hydrogen-bond donors (Lipinski definition) is 3. The van der Waals surface area contributed by atoms with E-state index in [1.165, 1.54) is 18.2 Å². The van der Waals surface area contributed by atoms with Crippen molar-refractivity contribution in [3.63, 3.8) is 0 Å². The number of nitrogens with zero attached hydrogens (tertiary/aromatic N) is 1. The number of aromatic carboxylic acids is 1. The van der Waals surface area contributed by atoms with Crippen LogP contribution >= 0.6 is 0 Å². The number of pyridine rings is 1. The van der Waals surface area contributed by atoms with Crippen LogP contribution in [0.5, 0.6) is 0 Å². The molecule has 0 fully saturated rings. The molecule has 0 radical (unpaired) electrons. The molecular weight excluding hydrogens is 272 g/mol. The third-order valence-corrected chi connectivity index (χ3v) is 3.21. The van der Waals surface area contributed by atoms with E-state index < -0.39 is 17.5 Å². The zero-order chi connectivity index (χ0) is 15.9. The number of carboxylic acid groups (broad SMARTS) is 1. The minimum absolute atomic E-state index is 0.0326. The minimum Gasteiger partial charge on any atom is -0.477 e. The van der Waals surface area contributed by atoms with Gasteiger partial charge in [-0.2, -0.15) is 0 Å². The Labute approximate surface area is 124 Å². The minimum atomic E-state index is -1.18. The van der Waals surface area contributed by atoms with Crippen LogP contribution in [-0.4, -0.2) is 39.2 Å². The van der Waals surface area contributed by atoms with Crippen molar-refractivity contribution in [3.8, 4) is 0 Å². The van der Waals surface area contributed by atoms with Crippen LogP contribution in [0.1, 0.15) is 60.5 Å². The summed E-state index contributed by atoms with van der Waals surface area (Å²) in [6.45, 7) is 4.08. The number of amides is 1. The molecule has 6 nitrogen and oxygen atoms in total. The highest BCUT2D eigenvalue weighted by Crippen LogP contribution is 2.18. The van der Waals surface area contributed by atoms with Gasteiger partial charge in [-0.15, -0.1) is 0 Å². The summed E-state index contributed by atoms with van der Waals surface area (Å²) in [5, 5.41) is 21.9. The summed E-state index contributed by atoms with van der Waals surface area (Å²) >= 11 is 0. The molecule has 0 unspecified atom stereocenters. The molecule has 116 valence electrons. The lowest BCUT2D eigenvalue weighted by Gasteiger charge is -2.27. The molecule has 0 bridgehead atoms. The fourth-order valence-electron chi connectivity index (χ4n) is 2.25. The monoisotopic (exact) mass is 294 g/mol. The largest absolute Gasteiger partial charge is 0.477 e. The highest BCUT2D eigenvalue weighted by atomic mass is 16.4. The van der Waals surface area contributed by atoms with Crippen molar-refractivity contribution in [2.75, 3.05) is 6.54 Å². The number of carbonyl (C=O) groups is 2. The van der Waals surface area contributed by atoms with Crippen LogP contribution in [-0.2, 0) is 0 Å². The average Bonchev–Trinajstić information content (AvgIpc) is 2.45. The Kier molecular flexibility index (Phi) is 6.30. The van der Waals surface area contributed by atoms with E-state index >= 15 is 0 Å². The average molecular weight is 294 g/mol. The van der Waals surface area contributed by atoms with Gasteiger partial charge in [0.2, 0.25) is 0 Å². The van der Waals surface area contributed by atoms with Gasteiger partial charge in [-0.1, -0.05) is 32.8 Å². The summed E-state index contributed by atoms with van der Waals surface area (Å²) in [6.07, 6.45) is 2.84. The highest BCUT2D eigenvalue weighted by Gasteiger charge is 2.25. The van der Waals surface area contributed by atoms with Crippen molar-refractivity contribution in [1.29, 1.82) is 0 Å². The van der Waals surface area contributed by atoms with Crippen LogP contribution in [0.25, 0.3) is 0 Å². The predicted molar refractivity (Wildman–Crippen MR) is 78.3 cm³/mol. The third-order valence-electron chi connectivity index (χ3n) is 3.21. The number of aromatic nitrogens is 1. The Morgan fingerprint density at radius 2 is 1.76 bits per heavy atom. The number of aliphatic hydroxyl groups is 1. The van der Waals surface area contributed by atoms with Gasteiger partial charge < -0.3 is 15.5 Å². The summed E-state index contributed by atoms with van der Waals surface area (Å²) in [7, 11) is 0. The van der Waals surface area contributed by atoms with Gasteiger partial charge >= 0.3 is 5.97 Å². The van der Waals surface area contributed by atoms with Crippen LogP contribution in [0.15, 0.2) is 18.2 Å². The van der Waals surface area contributed by atoms with Crippen LogP contribution in [0.4, 0.5) is 0 Å². The lowest BCUT2D eigenvalue weighted by molar-refractivity contribution is 0.0212. The maximum atomic E-state index is 12.0. The van der Waals surface area contributed by atoms with Gasteiger partial charge in [-0.05, 0) is 25.0 Å². The standard InChI is InChI=1S/C15H22N2O4/c1-3-8-15(21,9-4-2)10-16-13(18)11-6-5-7-12(17-11)14(19)20/h5-7,21H,3-4,8-10H2,1-2H3,(H,16,18)(H,19,20). The zero-order valence-electron chi connectivity index (χ0n) is 12.4. The van der Waals surface area contributed by atoms with Gasteiger partial charge in [0, 0.05) is 6.54 Å². The molecule has 0 atom stereocenters. The molecule has 0 saturated carbocycles. The van der Waals surface area contributed by atoms with Crippen molar-refractivity contribution in [2.24, 2.45) is 0 Å². The van der Waals surface area contributed by atoms with E-state index in [1.54, 1.807) is 0 Å². The van der Waals surface area contributed by atoms with Crippen LogP contribution in [0, 0.1) is 0 Å². The number of carboxylic acids is 1. The first-order valence-corrected chi connectivity index (χ1v) is 7.13. The maximum absolute atomic E-state index is 12.0. The summed E-state index contributed by atoms with van der Waals surface area (Å²) in [5.41, 5.74) is -1.07. The third kappa shape index (κ3) is 5.15. The van der Waals surface area contributed by atoms with E-state index in [4.69, 9.17) is 5.11 Å². The molecule has 0 aromatic carbocycles. The van der Waals surface area contributed by atoms with E-state index in [-0.39, 0.29) is 17.9 Å². The molecule has 1 heterocycles. The van der Waals surface area contributed by atoms with Crippen LogP contribution in [0.2, 0.25) is 0 Å². The first-order valence-electron chi connectivity index (χ1n) is 7.13. The van der Waals surface area contributed by atoms with E-state index in [0.29, 0.717) is 12.8 Å². The molecule has 0 aliphatic carbocycles. The molecule has 0 spiro atoms. The number of nitrogens with one attached hydrogen (secondary N) is 1. The second-order valence-corrected chi connectivity index (χ2v) is 5.12. The Bertz CT molecular complexity index is 496. The van der Waals surface area contributed by atoms with Gasteiger partial charge in [0.25, 0.3) is 5.91 Å². The predicted octanol–water partition coefficient (Wildman–Crippen LogP) is 1.84. The Morgan fingerprint density at radius 3 is 2.29 bits per heavy atom. The normalized spacial score (nSPS) is 11.2. The molecule has 0 aliphatic rings. The molecule has 1 aromatic heterocycles. The second kappa shape index (κ2) is 7.73. The van der Waals surface area contributed by atoms with Crippen molar-refractivity contribution in [2.45, 2.75) is 45.1 Å². The van der Waals surface area contributed by atoms with Crippen molar-refractivity contribution < 1.29 is 19.8 Å². The van der Waals surface area contributed by atoms with E-state index in [2.05, 4.69) is 10.3 Å². The van der Waals surface area contributed by atoms with Crippen molar-refractivity contribution >= 4 is 11.9 Å². The Hall–Kier alpha value is -1.95. The SMILES string of the molecule is CCCC(O)(CCC)CNC(=O)c1cccc(C(=O)O)n1. The smallest absolute Gasteiger partial charge is 0.354 e. The van der Waals surface area contributed by atoms with Crippen molar-refractivity contribution in [3.05, 3.63) is 29.6 Å². The number of hydrogen-bond acceptors (Lipinski definition) is 4. The highest BCUT2D eigenvalue weighted by molar-refractivity contribution is 5.94. The Balaban J connectivity index is 2.72. The van der Waals surface area contributed by atoms with E-state index in [0.717, 1.165) is 12.8 Å². The van der Waals surface area contributed by atoms with Gasteiger partial charge in [0.05, 0.1) is 5.60 Å². The lowest BCUT2D eigenvalue weighted by Crippen LogP contribution is -2.43. The first kappa shape index (κ1) is 17.1. The molecular formula is C15H22N2O4. The second-order valence-electron chi connectivity index (χ2n) is 5.12. The maximum Gasteiger partial charge on any atom is 0.354 e. The van der Waals surface area contributed by atoms with Crippen LogP contribution in [0.3, 0.4) is 0 Å². The molecule has 6 heteroatoms. The lowest BCUT2D eigenvalue weighted by atomic mass is 9.92. The molecule has 1 rings (SSSR count). The quantitative estimate of drug-likeness (QED) is 0.679. The topological polar surface area (TPSA) is 99.5 Å². The number of carbonyl (C=O) groups excluding carboxylic acids is 1. The van der Waals surface area contributed by atoms with E-state index in [1.807, 2.05) is 13.8 Å². The summed E-state index contributed by atoms with van der Waals surface area (Å²) < 4.78 is 0. The molecule has 1 amide bonds. The summed E-state index contributed by atoms with van der Waals surface area (Å²) in [6, 6.07) is 4.24. The summed E-state index contributed by atoms with van der Waals surface area (Å²) in [5.74, 6) is -1.66. The molecule has 0 aliphatic heterocycles. The van der Waals surface area contributed by atoms with Gasteiger partial charge in [0.1, 0.15) is 11.4 Å². The Morgan fingerprint density at radius 1 is 1.19 bits per heavy atom. The van der Waals surface area contributed by atoms with E-state index in [9.17, 15) is 14.7 Å². The van der Waals surface area contributed by atoms with Gasteiger partial charge in [0.15, 0.2) is 0 Å². The van der Waals surface area contributed by atoms with Crippen LogP contribution < -0.4 is 5.32 Å². The fourth-order valence-corrected chi connectivity index (χ4v) is 2.25. The summed E-state index contributed by atoms with van der Waals surface area (Å²) in [4.78, 5) is 26.6. The van der Waals surface area contributed by atoms with Gasteiger partial charge in [-0.25, -0.2) is 9.78 Å². The van der Waals surface area contributed by atoms with Crippen molar-refractivity contribution in [1.82, 2.24) is 10.3 Å². The molecule has 0 saturated heterocycles. The zero-order valence-corrected chi connectivity index (χ0v) is 12.4.